The van der Waals surface area contributed by atoms with Crippen molar-refractivity contribution in [2.45, 2.75) is 19.4 Å². The minimum atomic E-state index is -0.250. The summed E-state index contributed by atoms with van der Waals surface area (Å²) in [6.07, 6.45) is 0.682. The van der Waals surface area contributed by atoms with Crippen LogP contribution in [0.2, 0.25) is 0 Å². The number of benzene rings is 1. The Morgan fingerprint density at radius 2 is 2.21 bits per heavy atom. The first-order valence-electron chi connectivity index (χ1n) is 6.34. The van der Waals surface area contributed by atoms with Crippen LogP contribution < -0.4 is 10.5 Å². The van der Waals surface area contributed by atoms with Crippen LogP contribution in [0.15, 0.2) is 18.2 Å². The van der Waals surface area contributed by atoms with Crippen molar-refractivity contribution in [2.24, 2.45) is 0 Å². The third kappa shape index (κ3) is 3.68. The van der Waals surface area contributed by atoms with Crippen LogP contribution in [0.4, 0.5) is 5.69 Å². The number of rotatable bonds is 7. The molecule has 0 aromatic heterocycles. The summed E-state index contributed by atoms with van der Waals surface area (Å²) in [5.41, 5.74) is 6.83. The molecule has 0 bridgehead atoms. The van der Waals surface area contributed by atoms with Gasteiger partial charge in [0.1, 0.15) is 5.75 Å². The van der Waals surface area contributed by atoms with Crippen molar-refractivity contribution in [3.8, 4) is 5.75 Å². The molecule has 0 saturated heterocycles. The molecule has 0 aliphatic rings. The molecule has 0 saturated carbocycles. The number of anilines is 1. The van der Waals surface area contributed by atoms with Crippen LogP contribution in [-0.4, -0.2) is 49.1 Å². The highest BCUT2D eigenvalue weighted by molar-refractivity contribution is 6.01. The molecule has 3 N–H and O–H groups in total. The van der Waals surface area contributed by atoms with E-state index in [1.807, 2.05) is 18.9 Å². The van der Waals surface area contributed by atoms with E-state index < -0.39 is 0 Å². The fraction of sp³-hybridized carbons (Fsp3) is 0.500. The van der Waals surface area contributed by atoms with Crippen LogP contribution in [0.1, 0.15) is 23.7 Å². The minimum Gasteiger partial charge on any atom is -0.495 e. The molecule has 0 aliphatic heterocycles. The number of hydrogen-bond acceptors (Lipinski definition) is 5. The van der Waals surface area contributed by atoms with Gasteiger partial charge in [-0.25, -0.2) is 0 Å². The van der Waals surface area contributed by atoms with Crippen LogP contribution in [-0.2, 0) is 0 Å². The molecular formula is C14H22N2O3. The Morgan fingerprint density at radius 3 is 2.68 bits per heavy atom. The minimum absolute atomic E-state index is 0.00723. The van der Waals surface area contributed by atoms with Gasteiger partial charge in [-0.15, -0.1) is 0 Å². The van der Waals surface area contributed by atoms with E-state index in [1.165, 1.54) is 7.11 Å². The number of ketones is 1. The largest absolute Gasteiger partial charge is 0.495 e. The molecule has 1 atom stereocenters. The van der Waals surface area contributed by atoms with Crippen molar-refractivity contribution >= 4 is 11.5 Å². The Morgan fingerprint density at radius 1 is 1.53 bits per heavy atom. The Bertz CT molecular complexity index is 435. The predicted molar refractivity (Wildman–Crippen MR) is 75.5 cm³/mol. The van der Waals surface area contributed by atoms with Crippen LogP contribution in [0.3, 0.4) is 0 Å². The summed E-state index contributed by atoms with van der Waals surface area (Å²) >= 11 is 0. The number of hydrogen-bond donors (Lipinski definition) is 2. The van der Waals surface area contributed by atoms with Crippen molar-refractivity contribution in [1.29, 1.82) is 0 Å². The summed E-state index contributed by atoms with van der Waals surface area (Å²) in [7, 11) is 3.37. The standard InChI is InChI=1S/C14H22N2O3/c1-4-12(16(2)7-8-17)14(18)10-5-6-13(19-3)11(15)9-10/h5-6,9,12,17H,4,7-8,15H2,1-3H3. The number of carbonyl (C=O) groups is 1. The average Bonchev–Trinajstić information content (AvgIpc) is 2.39. The second-order valence-electron chi connectivity index (χ2n) is 4.45. The van der Waals surface area contributed by atoms with Crippen LogP contribution in [0, 0.1) is 0 Å². The lowest BCUT2D eigenvalue weighted by atomic mass is 10.0. The van der Waals surface area contributed by atoms with Gasteiger partial charge < -0.3 is 15.6 Å². The maximum atomic E-state index is 12.4. The molecule has 0 spiro atoms. The van der Waals surface area contributed by atoms with Gasteiger partial charge in [0.15, 0.2) is 5.78 Å². The topological polar surface area (TPSA) is 75.8 Å². The van der Waals surface area contributed by atoms with Crippen molar-refractivity contribution in [2.75, 3.05) is 33.0 Å². The maximum absolute atomic E-state index is 12.4. The highest BCUT2D eigenvalue weighted by atomic mass is 16.5. The zero-order valence-electron chi connectivity index (χ0n) is 11.7. The summed E-state index contributed by atoms with van der Waals surface area (Å²) < 4.78 is 5.07. The van der Waals surface area contributed by atoms with Crippen molar-refractivity contribution in [3.63, 3.8) is 0 Å². The number of aliphatic hydroxyl groups excluding tert-OH is 1. The van der Waals surface area contributed by atoms with E-state index >= 15 is 0 Å². The number of likely N-dealkylation sites (N-methyl/N-ethyl adjacent to an activating group) is 1. The second kappa shape index (κ2) is 7.11. The first-order valence-corrected chi connectivity index (χ1v) is 6.34. The average molecular weight is 266 g/mol. The van der Waals surface area contributed by atoms with Crippen molar-refractivity contribution < 1.29 is 14.6 Å². The molecule has 5 nitrogen and oxygen atoms in total. The summed E-state index contributed by atoms with van der Waals surface area (Å²) in [6.45, 7) is 2.45. The molecule has 1 unspecified atom stereocenters. The molecule has 0 heterocycles. The zero-order chi connectivity index (χ0) is 14.4. The van der Waals surface area contributed by atoms with Crippen LogP contribution in [0.5, 0.6) is 5.75 Å². The number of Topliss-reactive ketones (excluding diaryl/α,β-unsaturated/α-hetero) is 1. The first-order chi connectivity index (χ1) is 9.04. The zero-order valence-corrected chi connectivity index (χ0v) is 11.7. The second-order valence-corrected chi connectivity index (χ2v) is 4.45. The summed E-state index contributed by atoms with van der Waals surface area (Å²) in [4.78, 5) is 14.3. The molecule has 0 aliphatic carbocycles. The Balaban J connectivity index is 2.94. The molecule has 1 rings (SSSR count). The van der Waals surface area contributed by atoms with Gasteiger partial charge in [-0.1, -0.05) is 6.92 Å². The van der Waals surface area contributed by atoms with E-state index in [9.17, 15) is 4.79 Å². The third-order valence-corrected chi connectivity index (χ3v) is 3.19. The molecule has 0 amide bonds. The third-order valence-electron chi connectivity index (χ3n) is 3.19. The quantitative estimate of drug-likeness (QED) is 0.572. The fourth-order valence-corrected chi connectivity index (χ4v) is 2.09. The van der Waals surface area contributed by atoms with Gasteiger partial charge in [0.25, 0.3) is 0 Å². The van der Waals surface area contributed by atoms with E-state index in [0.717, 1.165) is 0 Å². The molecule has 0 radical (unpaired) electrons. The number of ether oxygens (including phenoxy) is 1. The highest BCUT2D eigenvalue weighted by Gasteiger charge is 2.22. The molecule has 19 heavy (non-hydrogen) atoms. The monoisotopic (exact) mass is 266 g/mol. The summed E-state index contributed by atoms with van der Waals surface area (Å²) in [5.74, 6) is 0.570. The molecule has 5 heteroatoms. The van der Waals surface area contributed by atoms with Gasteiger partial charge in [0.05, 0.1) is 25.4 Å². The van der Waals surface area contributed by atoms with E-state index in [0.29, 0.717) is 30.0 Å². The van der Waals surface area contributed by atoms with Crippen LogP contribution >= 0.6 is 0 Å². The van der Waals surface area contributed by atoms with Gasteiger partial charge in [0, 0.05) is 12.1 Å². The summed E-state index contributed by atoms with van der Waals surface area (Å²) in [5, 5.41) is 8.96. The smallest absolute Gasteiger partial charge is 0.180 e. The molecule has 1 aromatic carbocycles. The summed E-state index contributed by atoms with van der Waals surface area (Å²) in [6, 6.07) is 4.80. The first kappa shape index (κ1) is 15.5. The van der Waals surface area contributed by atoms with Crippen molar-refractivity contribution in [3.05, 3.63) is 23.8 Å². The van der Waals surface area contributed by atoms with Gasteiger partial charge in [-0.2, -0.15) is 0 Å². The number of carbonyl (C=O) groups excluding carboxylic acids is 1. The van der Waals surface area contributed by atoms with Gasteiger partial charge in [-0.3, -0.25) is 9.69 Å². The van der Waals surface area contributed by atoms with E-state index in [4.69, 9.17) is 15.6 Å². The number of aliphatic hydroxyl groups is 1. The Labute approximate surface area is 114 Å². The van der Waals surface area contributed by atoms with E-state index in [1.54, 1.807) is 18.2 Å². The maximum Gasteiger partial charge on any atom is 0.180 e. The highest BCUT2D eigenvalue weighted by Crippen LogP contribution is 2.23. The normalized spacial score (nSPS) is 12.5. The Kier molecular flexibility index (Phi) is 5.79. The molecular weight excluding hydrogens is 244 g/mol. The SMILES string of the molecule is CCC(C(=O)c1ccc(OC)c(N)c1)N(C)CCO. The van der Waals surface area contributed by atoms with Gasteiger partial charge in [-0.05, 0) is 31.7 Å². The number of methoxy groups -OCH3 is 1. The number of nitrogens with two attached hydrogens (primary N) is 1. The van der Waals surface area contributed by atoms with E-state index in [2.05, 4.69) is 0 Å². The van der Waals surface area contributed by atoms with Crippen LogP contribution in [0.25, 0.3) is 0 Å². The fourth-order valence-electron chi connectivity index (χ4n) is 2.09. The van der Waals surface area contributed by atoms with E-state index in [-0.39, 0.29) is 18.4 Å². The van der Waals surface area contributed by atoms with Crippen molar-refractivity contribution in [1.82, 2.24) is 4.90 Å². The lowest BCUT2D eigenvalue weighted by Crippen LogP contribution is -2.39. The Hall–Kier alpha value is -1.59. The lowest BCUT2D eigenvalue weighted by molar-refractivity contribution is 0.0823. The molecule has 106 valence electrons. The van der Waals surface area contributed by atoms with Gasteiger partial charge in [0.2, 0.25) is 0 Å². The van der Waals surface area contributed by atoms with Gasteiger partial charge >= 0.3 is 0 Å². The lowest BCUT2D eigenvalue weighted by Gasteiger charge is -2.25. The number of nitrogen functional groups attached to an aromatic ring is 1. The molecule has 1 aromatic rings. The number of nitrogens with zero attached hydrogens (tertiary/aromatic N) is 1. The predicted octanol–water partition coefficient (Wildman–Crippen LogP) is 1.16. The molecule has 0 fully saturated rings.